The van der Waals surface area contributed by atoms with Crippen LogP contribution in [0, 0.1) is 10.1 Å². The van der Waals surface area contributed by atoms with Crippen molar-refractivity contribution in [2.45, 2.75) is 0 Å². The molecule has 80 valence electrons. The Balaban J connectivity index is 2.91. The zero-order chi connectivity index (χ0) is 11.7. The molecule has 2 rings (SSSR count). The molecule has 1 N–H and O–H groups in total. The summed E-state index contributed by atoms with van der Waals surface area (Å²) in [6.45, 7) is 0. The molecule has 9 heteroatoms. The van der Waals surface area contributed by atoms with Gasteiger partial charge in [0.15, 0.2) is 0 Å². The molecular weight excluding hydrogens is 234 g/mol. The van der Waals surface area contributed by atoms with E-state index in [-0.39, 0.29) is 16.8 Å². The van der Waals surface area contributed by atoms with Crippen LogP contribution in [-0.2, 0) is 0 Å². The first-order chi connectivity index (χ1) is 7.63. The zero-order valence-electron chi connectivity index (χ0n) is 7.58. The van der Waals surface area contributed by atoms with Crippen LogP contribution in [-0.4, -0.2) is 9.30 Å². The van der Waals surface area contributed by atoms with Crippen molar-refractivity contribution in [2.75, 3.05) is 0 Å². The maximum absolute atomic E-state index is 11.4. The molecule has 0 saturated carbocycles. The molecule has 8 nitrogen and oxygen atoms in total. The van der Waals surface area contributed by atoms with Gasteiger partial charge in [-0.15, -0.1) is 0 Å². The van der Waals surface area contributed by atoms with Gasteiger partial charge >= 0.3 is 0 Å². The minimum Gasteiger partial charge on any atom is -0.277 e. The van der Waals surface area contributed by atoms with Gasteiger partial charge in [-0.3, -0.25) is 19.3 Å². The van der Waals surface area contributed by atoms with Crippen molar-refractivity contribution in [2.24, 2.45) is 5.11 Å². The second-order valence-corrected chi connectivity index (χ2v) is 3.67. The lowest BCUT2D eigenvalue weighted by Crippen LogP contribution is -1.97. The number of hydrogen-bond donors (Lipinski definition) is 1. The van der Waals surface area contributed by atoms with Crippen LogP contribution in [0.1, 0.15) is 0 Å². The minimum atomic E-state index is -0.611. The zero-order valence-corrected chi connectivity index (χ0v) is 8.39. The predicted octanol–water partition coefficient (Wildman–Crippen LogP) is 2.44. The fourth-order valence-corrected chi connectivity index (χ4v) is 2.06. The van der Waals surface area contributed by atoms with E-state index in [1.54, 1.807) is 0 Å². The SMILES string of the molecule is [N-]=[N+]=Nc1cc([N+](=O)[O-])cc2s[nH]c(=O)c12. The van der Waals surface area contributed by atoms with Gasteiger partial charge in [-0.2, -0.15) is 0 Å². The van der Waals surface area contributed by atoms with Crippen LogP contribution < -0.4 is 5.56 Å². The number of fused-ring (bicyclic) bond motifs is 1. The topological polar surface area (TPSA) is 125 Å². The third-order valence-electron chi connectivity index (χ3n) is 1.91. The molecule has 0 unspecified atom stereocenters. The van der Waals surface area contributed by atoms with E-state index in [0.29, 0.717) is 4.70 Å². The maximum atomic E-state index is 11.4. The number of aromatic amines is 1. The standard InChI is InChI=1S/C7H3N5O3S/c8-11-9-4-1-3(12(14)15)2-5-6(4)7(13)10-16-5/h1-2H,(H,10,13). The summed E-state index contributed by atoms with van der Waals surface area (Å²) in [5.41, 5.74) is 7.65. The highest BCUT2D eigenvalue weighted by Crippen LogP contribution is 2.30. The van der Waals surface area contributed by atoms with Crippen LogP contribution in [0.25, 0.3) is 20.5 Å². The van der Waals surface area contributed by atoms with Crippen molar-refractivity contribution in [1.82, 2.24) is 4.37 Å². The molecule has 2 aromatic rings. The molecule has 0 aliphatic heterocycles. The van der Waals surface area contributed by atoms with Gasteiger partial charge in [0, 0.05) is 17.0 Å². The Morgan fingerprint density at radius 1 is 1.56 bits per heavy atom. The average Bonchev–Trinajstić information content (AvgIpc) is 2.61. The summed E-state index contributed by atoms with van der Waals surface area (Å²) in [6, 6.07) is 2.33. The van der Waals surface area contributed by atoms with Gasteiger partial charge in [0.1, 0.15) is 0 Å². The molecule has 1 aromatic carbocycles. The number of benzene rings is 1. The summed E-state index contributed by atoms with van der Waals surface area (Å²) in [7, 11) is 0. The number of rotatable bonds is 2. The van der Waals surface area contributed by atoms with Crippen LogP contribution in [0.2, 0.25) is 0 Å². The van der Waals surface area contributed by atoms with E-state index in [2.05, 4.69) is 14.4 Å². The Kier molecular flexibility index (Phi) is 2.31. The quantitative estimate of drug-likeness (QED) is 0.283. The lowest BCUT2D eigenvalue weighted by atomic mass is 10.2. The van der Waals surface area contributed by atoms with Crippen LogP contribution >= 0.6 is 11.5 Å². The fourth-order valence-electron chi connectivity index (χ4n) is 1.28. The lowest BCUT2D eigenvalue weighted by Gasteiger charge is -1.94. The van der Waals surface area contributed by atoms with E-state index in [1.807, 2.05) is 0 Å². The summed E-state index contributed by atoms with van der Waals surface area (Å²) in [6.07, 6.45) is 0. The monoisotopic (exact) mass is 237 g/mol. The first kappa shape index (κ1) is 10.1. The van der Waals surface area contributed by atoms with Gasteiger partial charge in [0.2, 0.25) is 0 Å². The number of nitrogens with one attached hydrogen (secondary N) is 1. The number of H-pyrrole nitrogens is 1. The molecule has 1 heterocycles. The molecule has 1 aromatic heterocycles. The fraction of sp³-hybridized carbons (Fsp3) is 0. The summed E-state index contributed by atoms with van der Waals surface area (Å²) in [5.74, 6) is 0. The molecule has 0 bridgehead atoms. The van der Waals surface area contributed by atoms with Crippen molar-refractivity contribution in [3.05, 3.63) is 43.0 Å². The lowest BCUT2D eigenvalue weighted by molar-refractivity contribution is -0.384. The molecule has 0 aliphatic rings. The van der Waals surface area contributed by atoms with Gasteiger partial charge in [-0.05, 0) is 5.53 Å². The van der Waals surface area contributed by atoms with Crippen LogP contribution in [0.15, 0.2) is 22.0 Å². The normalized spacial score (nSPS) is 10.0. The second kappa shape index (κ2) is 3.65. The molecule has 0 spiro atoms. The molecule has 0 radical (unpaired) electrons. The van der Waals surface area contributed by atoms with E-state index in [4.69, 9.17) is 5.53 Å². The molecule has 0 fully saturated rings. The Morgan fingerprint density at radius 3 is 2.94 bits per heavy atom. The summed E-state index contributed by atoms with van der Waals surface area (Å²) >= 11 is 0.960. The van der Waals surface area contributed by atoms with Gasteiger partial charge in [-0.1, -0.05) is 16.6 Å². The Hall–Kier alpha value is -2.38. The predicted molar refractivity (Wildman–Crippen MR) is 57.9 cm³/mol. The number of azide groups is 1. The number of aromatic nitrogens is 1. The molecule has 0 saturated heterocycles. The van der Waals surface area contributed by atoms with Crippen molar-refractivity contribution >= 4 is 33.0 Å². The number of hydrogen-bond acceptors (Lipinski definition) is 5. The van der Waals surface area contributed by atoms with Gasteiger partial charge < -0.3 is 0 Å². The summed E-state index contributed by atoms with van der Waals surface area (Å²) in [5, 5.41) is 14.0. The highest BCUT2D eigenvalue weighted by atomic mass is 32.1. The van der Waals surface area contributed by atoms with Gasteiger partial charge in [-0.25, -0.2) is 0 Å². The van der Waals surface area contributed by atoms with Crippen molar-refractivity contribution < 1.29 is 4.92 Å². The third-order valence-corrected chi connectivity index (χ3v) is 2.74. The van der Waals surface area contributed by atoms with Crippen LogP contribution in [0.4, 0.5) is 11.4 Å². The van der Waals surface area contributed by atoms with E-state index >= 15 is 0 Å². The molecule has 16 heavy (non-hydrogen) atoms. The summed E-state index contributed by atoms with van der Waals surface area (Å²) in [4.78, 5) is 23.9. The summed E-state index contributed by atoms with van der Waals surface area (Å²) < 4.78 is 2.81. The number of nitro groups is 1. The van der Waals surface area contributed by atoms with E-state index in [1.165, 1.54) is 6.07 Å². The van der Waals surface area contributed by atoms with Gasteiger partial charge in [0.05, 0.1) is 20.7 Å². The largest absolute Gasteiger partial charge is 0.277 e. The minimum absolute atomic E-state index is 0.0331. The van der Waals surface area contributed by atoms with Crippen molar-refractivity contribution in [1.29, 1.82) is 0 Å². The smallest absolute Gasteiger partial charge is 0.271 e. The number of nitrogens with zero attached hydrogens (tertiary/aromatic N) is 4. The van der Waals surface area contributed by atoms with E-state index < -0.39 is 10.5 Å². The number of nitro benzene ring substituents is 1. The first-order valence-corrected chi connectivity index (χ1v) is 4.80. The maximum Gasteiger partial charge on any atom is 0.271 e. The highest BCUT2D eigenvalue weighted by Gasteiger charge is 2.14. The number of non-ortho nitro benzene ring substituents is 1. The third kappa shape index (κ3) is 1.49. The highest BCUT2D eigenvalue weighted by molar-refractivity contribution is 7.13. The Bertz CT molecular complexity index is 681. The molecule has 0 amide bonds. The first-order valence-electron chi connectivity index (χ1n) is 3.98. The van der Waals surface area contributed by atoms with Gasteiger partial charge in [0.25, 0.3) is 11.2 Å². The van der Waals surface area contributed by atoms with Crippen LogP contribution in [0.3, 0.4) is 0 Å². The van der Waals surface area contributed by atoms with Crippen molar-refractivity contribution in [3.63, 3.8) is 0 Å². The Morgan fingerprint density at radius 2 is 2.31 bits per heavy atom. The average molecular weight is 237 g/mol. The Labute approximate surface area is 91.1 Å². The second-order valence-electron chi connectivity index (χ2n) is 2.82. The molecule has 0 aliphatic carbocycles. The van der Waals surface area contributed by atoms with E-state index in [0.717, 1.165) is 17.6 Å². The molecule has 0 atom stereocenters. The van der Waals surface area contributed by atoms with Crippen LogP contribution in [0.5, 0.6) is 0 Å². The van der Waals surface area contributed by atoms with Crippen molar-refractivity contribution in [3.8, 4) is 0 Å². The molecular formula is C7H3N5O3S. The van der Waals surface area contributed by atoms with E-state index in [9.17, 15) is 14.9 Å².